The smallest absolute Gasteiger partial charge is 0.303 e. The van der Waals surface area contributed by atoms with Gasteiger partial charge in [0.05, 0.1) is 0 Å². The Morgan fingerprint density at radius 2 is 1.60 bits per heavy atom. The zero-order valence-electron chi connectivity index (χ0n) is 10.8. The summed E-state index contributed by atoms with van der Waals surface area (Å²) in [6.07, 6.45) is 0.627. The highest BCUT2D eigenvalue weighted by molar-refractivity contribution is 8.14. The molecule has 0 amide bonds. The van der Waals surface area contributed by atoms with Gasteiger partial charge in [-0.05, 0) is 35.9 Å². The van der Waals surface area contributed by atoms with Crippen molar-refractivity contribution in [3.05, 3.63) is 65.7 Å². The summed E-state index contributed by atoms with van der Waals surface area (Å²) in [5.74, 6) is -0.803. The number of hydrogen-bond acceptors (Lipinski definition) is 3. The molecule has 1 N–H and O–H groups in total. The zero-order valence-corrected chi connectivity index (χ0v) is 11.6. The fourth-order valence-corrected chi connectivity index (χ4v) is 2.46. The Balaban J connectivity index is 1.97. The maximum atomic E-state index is 12.0. The summed E-state index contributed by atoms with van der Waals surface area (Å²) in [5, 5.41) is 8.63. The molecule has 0 saturated carbocycles. The molecule has 2 aromatic carbocycles. The van der Waals surface area contributed by atoms with Gasteiger partial charge in [0.2, 0.25) is 5.12 Å². The predicted octanol–water partition coefficient (Wildman–Crippen LogP) is 3.64. The van der Waals surface area contributed by atoms with E-state index in [1.807, 2.05) is 42.5 Å². The van der Waals surface area contributed by atoms with E-state index in [4.69, 9.17) is 5.11 Å². The van der Waals surface area contributed by atoms with Crippen LogP contribution in [0.4, 0.5) is 0 Å². The molecule has 0 aromatic heterocycles. The van der Waals surface area contributed by atoms with Crippen molar-refractivity contribution in [2.24, 2.45) is 0 Å². The second kappa shape index (κ2) is 6.91. The van der Waals surface area contributed by atoms with Crippen LogP contribution in [-0.4, -0.2) is 16.2 Å². The van der Waals surface area contributed by atoms with Gasteiger partial charge in [-0.3, -0.25) is 9.59 Å². The standard InChI is InChI=1S/C16H14O3S/c17-15(18)11-8-12-6-9-14(10-7-12)20-16(19)13-4-2-1-3-5-13/h1-7,9-10H,8,11H2,(H,17,18). The maximum Gasteiger partial charge on any atom is 0.303 e. The molecule has 0 unspecified atom stereocenters. The number of carboxylic acids is 1. The molecule has 2 rings (SSSR count). The van der Waals surface area contributed by atoms with Crippen LogP contribution in [0.3, 0.4) is 0 Å². The molecule has 3 nitrogen and oxygen atoms in total. The van der Waals surface area contributed by atoms with Gasteiger partial charge >= 0.3 is 5.97 Å². The van der Waals surface area contributed by atoms with Crippen LogP contribution >= 0.6 is 11.8 Å². The first-order valence-electron chi connectivity index (χ1n) is 6.23. The normalized spacial score (nSPS) is 10.2. The van der Waals surface area contributed by atoms with E-state index in [-0.39, 0.29) is 11.5 Å². The lowest BCUT2D eigenvalue weighted by molar-refractivity contribution is -0.136. The topological polar surface area (TPSA) is 54.4 Å². The second-order valence-corrected chi connectivity index (χ2v) is 5.34. The Kier molecular flexibility index (Phi) is 4.96. The molecule has 0 radical (unpaired) electrons. The SMILES string of the molecule is O=C(O)CCc1ccc(SC(=O)c2ccccc2)cc1. The molecule has 0 fully saturated rings. The van der Waals surface area contributed by atoms with Crippen molar-refractivity contribution < 1.29 is 14.7 Å². The molecule has 102 valence electrons. The van der Waals surface area contributed by atoms with Crippen LogP contribution in [0.15, 0.2) is 59.5 Å². The van der Waals surface area contributed by atoms with Crippen molar-refractivity contribution in [1.82, 2.24) is 0 Å². The van der Waals surface area contributed by atoms with Crippen LogP contribution in [0.25, 0.3) is 0 Å². The Hall–Kier alpha value is -2.07. The van der Waals surface area contributed by atoms with Crippen LogP contribution < -0.4 is 0 Å². The maximum absolute atomic E-state index is 12.0. The van der Waals surface area contributed by atoms with E-state index in [1.165, 1.54) is 11.8 Å². The number of rotatable bonds is 5. The quantitative estimate of drug-likeness (QED) is 0.853. The van der Waals surface area contributed by atoms with Gasteiger partial charge in [-0.1, -0.05) is 42.5 Å². The number of carbonyl (C=O) groups excluding carboxylic acids is 1. The first-order chi connectivity index (χ1) is 9.65. The van der Waals surface area contributed by atoms with E-state index in [0.717, 1.165) is 10.5 Å². The van der Waals surface area contributed by atoms with Gasteiger partial charge in [0, 0.05) is 16.9 Å². The Morgan fingerprint density at radius 3 is 2.20 bits per heavy atom. The molecule has 0 bridgehead atoms. The van der Waals surface area contributed by atoms with Gasteiger partial charge in [-0.15, -0.1) is 0 Å². The van der Waals surface area contributed by atoms with Crippen molar-refractivity contribution in [1.29, 1.82) is 0 Å². The van der Waals surface area contributed by atoms with Crippen molar-refractivity contribution >= 4 is 22.8 Å². The predicted molar refractivity (Wildman–Crippen MR) is 79.0 cm³/mol. The van der Waals surface area contributed by atoms with Crippen LogP contribution in [0.2, 0.25) is 0 Å². The molecule has 4 heteroatoms. The molecular formula is C16H14O3S. The second-order valence-electron chi connectivity index (χ2n) is 4.29. The summed E-state index contributed by atoms with van der Waals surface area (Å²) in [4.78, 5) is 23.4. The van der Waals surface area contributed by atoms with Crippen molar-refractivity contribution in [3.8, 4) is 0 Å². The third-order valence-corrected chi connectivity index (χ3v) is 3.70. The summed E-state index contributed by atoms with van der Waals surface area (Å²) in [6, 6.07) is 16.6. The molecule has 0 spiro atoms. The number of carbonyl (C=O) groups is 2. The minimum atomic E-state index is -0.803. The highest BCUT2D eigenvalue weighted by Crippen LogP contribution is 2.23. The number of carboxylic acid groups (broad SMARTS) is 1. The van der Waals surface area contributed by atoms with E-state index >= 15 is 0 Å². The Bertz CT molecular complexity index is 591. The van der Waals surface area contributed by atoms with E-state index < -0.39 is 5.97 Å². The van der Waals surface area contributed by atoms with Crippen LogP contribution in [0, 0.1) is 0 Å². The monoisotopic (exact) mass is 286 g/mol. The minimum absolute atomic E-state index is 0.00360. The lowest BCUT2D eigenvalue weighted by Gasteiger charge is -2.03. The fraction of sp³-hybridized carbons (Fsp3) is 0.125. The van der Waals surface area contributed by atoms with Gasteiger partial charge in [-0.2, -0.15) is 0 Å². The van der Waals surface area contributed by atoms with Crippen LogP contribution in [-0.2, 0) is 11.2 Å². The summed E-state index contributed by atoms with van der Waals surface area (Å²) in [5.41, 5.74) is 1.64. The van der Waals surface area contributed by atoms with Crippen molar-refractivity contribution in [2.45, 2.75) is 17.7 Å². The first-order valence-corrected chi connectivity index (χ1v) is 7.05. The van der Waals surface area contributed by atoms with Crippen LogP contribution in [0.1, 0.15) is 22.3 Å². The fourth-order valence-electron chi connectivity index (χ4n) is 1.72. The molecule has 0 heterocycles. The summed E-state index contributed by atoms with van der Waals surface area (Å²) in [6.45, 7) is 0. The van der Waals surface area contributed by atoms with E-state index in [0.29, 0.717) is 12.0 Å². The van der Waals surface area contributed by atoms with Crippen molar-refractivity contribution in [2.75, 3.05) is 0 Å². The van der Waals surface area contributed by atoms with Gasteiger partial charge in [0.1, 0.15) is 0 Å². The van der Waals surface area contributed by atoms with Gasteiger partial charge in [0.25, 0.3) is 0 Å². The lowest BCUT2D eigenvalue weighted by Crippen LogP contribution is -1.97. The number of aryl methyl sites for hydroxylation is 1. The van der Waals surface area contributed by atoms with E-state index in [2.05, 4.69) is 0 Å². The van der Waals surface area contributed by atoms with E-state index in [9.17, 15) is 9.59 Å². The molecule has 2 aromatic rings. The Labute approximate surface area is 121 Å². The van der Waals surface area contributed by atoms with Gasteiger partial charge in [-0.25, -0.2) is 0 Å². The number of thioether (sulfide) groups is 1. The third-order valence-electron chi connectivity index (χ3n) is 2.77. The summed E-state index contributed by atoms with van der Waals surface area (Å²) in [7, 11) is 0. The minimum Gasteiger partial charge on any atom is -0.481 e. The largest absolute Gasteiger partial charge is 0.481 e. The molecule has 0 aliphatic rings. The van der Waals surface area contributed by atoms with Crippen molar-refractivity contribution in [3.63, 3.8) is 0 Å². The molecule has 0 saturated heterocycles. The average Bonchev–Trinajstić information content (AvgIpc) is 2.47. The number of benzene rings is 2. The molecule has 20 heavy (non-hydrogen) atoms. The molecule has 0 aliphatic carbocycles. The van der Waals surface area contributed by atoms with Crippen LogP contribution in [0.5, 0.6) is 0 Å². The third kappa shape index (κ3) is 4.24. The highest BCUT2D eigenvalue weighted by Gasteiger charge is 2.07. The number of aliphatic carboxylic acids is 1. The highest BCUT2D eigenvalue weighted by atomic mass is 32.2. The molecular weight excluding hydrogens is 272 g/mol. The zero-order chi connectivity index (χ0) is 14.4. The lowest BCUT2D eigenvalue weighted by atomic mass is 10.1. The number of hydrogen-bond donors (Lipinski definition) is 1. The first kappa shape index (κ1) is 14.3. The summed E-state index contributed by atoms with van der Waals surface area (Å²) >= 11 is 1.17. The molecule has 0 aliphatic heterocycles. The average molecular weight is 286 g/mol. The Morgan fingerprint density at radius 1 is 0.950 bits per heavy atom. The van der Waals surface area contributed by atoms with Gasteiger partial charge < -0.3 is 5.11 Å². The van der Waals surface area contributed by atoms with E-state index in [1.54, 1.807) is 12.1 Å². The summed E-state index contributed by atoms with van der Waals surface area (Å²) < 4.78 is 0. The van der Waals surface area contributed by atoms with Gasteiger partial charge in [0.15, 0.2) is 0 Å². The molecule has 0 atom stereocenters.